The number of hydrogen-bond donors (Lipinski definition) is 1. The number of nitrogens with one attached hydrogen (secondary N) is 1. The molecule has 0 aromatic heterocycles. The van der Waals surface area contributed by atoms with E-state index < -0.39 is 10.0 Å². The molecule has 0 bridgehead atoms. The van der Waals surface area contributed by atoms with Gasteiger partial charge in [0.15, 0.2) is 0 Å². The van der Waals surface area contributed by atoms with Gasteiger partial charge in [-0.2, -0.15) is 4.31 Å². The van der Waals surface area contributed by atoms with Crippen LogP contribution in [0, 0.1) is 6.92 Å². The molecule has 0 spiro atoms. The fourth-order valence-corrected chi connectivity index (χ4v) is 5.31. The molecule has 1 heterocycles. The maximum atomic E-state index is 13.1. The molecule has 1 aliphatic heterocycles. The fraction of sp³-hybridized carbons (Fsp3) is 0.409. The summed E-state index contributed by atoms with van der Waals surface area (Å²) < 4.78 is 27.7. The van der Waals surface area contributed by atoms with E-state index in [4.69, 9.17) is 0 Å². The summed E-state index contributed by atoms with van der Waals surface area (Å²) >= 11 is 0. The molecule has 3 rings (SSSR count). The Hall–Kier alpha value is -2.18. The van der Waals surface area contributed by atoms with Crippen molar-refractivity contribution in [3.63, 3.8) is 0 Å². The SMILES string of the molecule is Cc1ccc(S(=O)(=O)N2CCCCC2CC(=O)NCCc2ccccc2)cc1. The van der Waals surface area contributed by atoms with E-state index >= 15 is 0 Å². The quantitative estimate of drug-likeness (QED) is 0.776. The van der Waals surface area contributed by atoms with Gasteiger partial charge in [-0.15, -0.1) is 0 Å². The minimum Gasteiger partial charge on any atom is -0.356 e. The number of carbonyl (C=O) groups excluding carboxylic acids is 1. The second-order valence-electron chi connectivity index (χ2n) is 7.37. The monoisotopic (exact) mass is 400 g/mol. The smallest absolute Gasteiger partial charge is 0.243 e. The molecule has 0 aliphatic carbocycles. The first-order valence-electron chi connectivity index (χ1n) is 9.86. The average molecular weight is 401 g/mol. The lowest BCUT2D eigenvalue weighted by Gasteiger charge is -2.34. The van der Waals surface area contributed by atoms with E-state index in [9.17, 15) is 13.2 Å². The minimum atomic E-state index is -3.58. The lowest BCUT2D eigenvalue weighted by Crippen LogP contribution is -2.46. The maximum absolute atomic E-state index is 13.1. The van der Waals surface area contributed by atoms with Gasteiger partial charge < -0.3 is 5.32 Å². The molecule has 150 valence electrons. The van der Waals surface area contributed by atoms with Crippen molar-refractivity contribution in [1.82, 2.24) is 9.62 Å². The van der Waals surface area contributed by atoms with Crippen LogP contribution in [-0.4, -0.2) is 37.8 Å². The Morgan fingerprint density at radius 1 is 1.07 bits per heavy atom. The molecule has 1 aliphatic rings. The van der Waals surface area contributed by atoms with Gasteiger partial charge in [-0.05, 0) is 43.9 Å². The van der Waals surface area contributed by atoms with Crippen molar-refractivity contribution in [3.8, 4) is 0 Å². The molecule has 2 aromatic rings. The van der Waals surface area contributed by atoms with Crippen LogP contribution in [0.3, 0.4) is 0 Å². The third-order valence-corrected chi connectivity index (χ3v) is 7.17. The van der Waals surface area contributed by atoms with Crippen molar-refractivity contribution in [2.24, 2.45) is 0 Å². The number of benzene rings is 2. The van der Waals surface area contributed by atoms with Crippen molar-refractivity contribution >= 4 is 15.9 Å². The van der Waals surface area contributed by atoms with Crippen molar-refractivity contribution < 1.29 is 13.2 Å². The van der Waals surface area contributed by atoms with Crippen LogP contribution in [0.4, 0.5) is 0 Å². The van der Waals surface area contributed by atoms with Crippen LogP contribution < -0.4 is 5.32 Å². The van der Waals surface area contributed by atoms with Gasteiger partial charge in [0.2, 0.25) is 15.9 Å². The Bertz CT molecular complexity index is 880. The highest BCUT2D eigenvalue weighted by molar-refractivity contribution is 7.89. The summed E-state index contributed by atoms with van der Waals surface area (Å²) in [5.41, 5.74) is 2.19. The highest BCUT2D eigenvalue weighted by atomic mass is 32.2. The van der Waals surface area contributed by atoms with E-state index in [0.29, 0.717) is 18.0 Å². The van der Waals surface area contributed by atoms with Crippen LogP contribution in [0.25, 0.3) is 0 Å². The van der Waals surface area contributed by atoms with Gasteiger partial charge in [0.25, 0.3) is 0 Å². The summed E-state index contributed by atoms with van der Waals surface area (Å²) in [6, 6.07) is 16.6. The lowest BCUT2D eigenvalue weighted by molar-refractivity contribution is -0.122. The summed E-state index contributed by atoms with van der Waals surface area (Å²) in [6.07, 6.45) is 3.47. The van der Waals surface area contributed by atoms with Crippen molar-refractivity contribution in [2.75, 3.05) is 13.1 Å². The number of carbonyl (C=O) groups is 1. The Labute approximate surface area is 167 Å². The topological polar surface area (TPSA) is 66.5 Å². The zero-order valence-corrected chi connectivity index (χ0v) is 17.1. The Balaban J connectivity index is 1.61. The van der Waals surface area contributed by atoms with Gasteiger partial charge >= 0.3 is 0 Å². The summed E-state index contributed by atoms with van der Waals surface area (Å²) in [6.45, 7) is 2.96. The number of amides is 1. The second-order valence-corrected chi connectivity index (χ2v) is 9.26. The van der Waals surface area contributed by atoms with Gasteiger partial charge in [0.05, 0.1) is 4.90 Å². The number of piperidine rings is 1. The minimum absolute atomic E-state index is 0.0908. The van der Waals surface area contributed by atoms with Crippen molar-refractivity contribution in [1.29, 1.82) is 0 Å². The molecule has 1 fully saturated rings. The molecule has 0 radical (unpaired) electrons. The highest BCUT2D eigenvalue weighted by Crippen LogP contribution is 2.27. The molecule has 1 atom stereocenters. The molecule has 6 heteroatoms. The van der Waals surface area contributed by atoms with Gasteiger partial charge in [-0.3, -0.25) is 4.79 Å². The van der Waals surface area contributed by atoms with Crippen molar-refractivity contribution in [3.05, 3.63) is 65.7 Å². The Morgan fingerprint density at radius 2 is 1.79 bits per heavy atom. The standard InChI is InChI=1S/C22H28N2O3S/c1-18-10-12-21(13-11-18)28(26,27)24-16-6-5-9-20(24)17-22(25)23-15-14-19-7-3-2-4-8-19/h2-4,7-8,10-13,20H,5-6,9,14-17H2,1H3,(H,23,25). The largest absolute Gasteiger partial charge is 0.356 e. The number of sulfonamides is 1. The third kappa shape index (κ3) is 5.20. The first-order valence-corrected chi connectivity index (χ1v) is 11.3. The number of rotatable bonds is 7. The third-order valence-electron chi connectivity index (χ3n) is 5.20. The van der Waals surface area contributed by atoms with E-state index in [2.05, 4.69) is 5.32 Å². The molecule has 28 heavy (non-hydrogen) atoms. The van der Waals surface area contributed by atoms with Crippen LogP contribution in [0.2, 0.25) is 0 Å². The first kappa shape index (κ1) is 20.6. The first-order chi connectivity index (χ1) is 13.5. The van der Waals surface area contributed by atoms with Crippen molar-refractivity contribution in [2.45, 2.75) is 50.0 Å². The zero-order chi connectivity index (χ0) is 20.0. The molecular formula is C22H28N2O3S. The molecular weight excluding hydrogens is 372 g/mol. The highest BCUT2D eigenvalue weighted by Gasteiger charge is 2.34. The lowest BCUT2D eigenvalue weighted by atomic mass is 10.0. The molecule has 1 saturated heterocycles. The van der Waals surface area contributed by atoms with Gasteiger partial charge in [-0.1, -0.05) is 54.4 Å². The predicted octanol–water partition coefficient (Wildman–Crippen LogP) is 3.29. The van der Waals surface area contributed by atoms with E-state index in [1.807, 2.05) is 49.4 Å². The summed E-state index contributed by atoms with van der Waals surface area (Å²) in [5.74, 6) is -0.0908. The normalized spacial score (nSPS) is 18.0. The van der Waals surface area contributed by atoms with Crippen LogP contribution in [0.5, 0.6) is 0 Å². The number of aryl methyl sites for hydroxylation is 1. The number of nitrogens with zero attached hydrogens (tertiary/aromatic N) is 1. The van der Waals surface area contributed by atoms with Gasteiger partial charge in [0.1, 0.15) is 0 Å². The maximum Gasteiger partial charge on any atom is 0.243 e. The molecule has 1 unspecified atom stereocenters. The second kappa shape index (κ2) is 9.34. The molecule has 0 saturated carbocycles. The fourth-order valence-electron chi connectivity index (χ4n) is 3.62. The van der Waals surface area contributed by atoms with E-state index in [0.717, 1.165) is 31.2 Å². The predicted molar refractivity (Wildman–Crippen MR) is 110 cm³/mol. The van der Waals surface area contributed by atoms with Crippen LogP contribution in [0.15, 0.2) is 59.5 Å². The molecule has 1 amide bonds. The van der Waals surface area contributed by atoms with E-state index in [-0.39, 0.29) is 18.4 Å². The average Bonchev–Trinajstić information content (AvgIpc) is 2.69. The van der Waals surface area contributed by atoms with Crippen LogP contribution in [0.1, 0.15) is 36.8 Å². The summed E-state index contributed by atoms with van der Waals surface area (Å²) in [5, 5.41) is 2.94. The Kier molecular flexibility index (Phi) is 6.86. The number of hydrogen-bond acceptors (Lipinski definition) is 3. The van der Waals surface area contributed by atoms with Gasteiger partial charge in [0, 0.05) is 25.6 Å². The van der Waals surface area contributed by atoms with Crippen LogP contribution >= 0.6 is 0 Å². The summed E-state index contributed by atoms with van der Waals surface area (Å²) in [7, 11) is -3.58. The molecule has 5 nitrogen and oxygen atoms in total. The summed E-state index contributed by atoms with van der Waals surface area (Å²) in [4.78, 5) is 12.7. The van der Waals surface area contributed by atoms with Crippen LogP contribution in [-0.2, 0) is 21.2 Å². The molecule has 2 aromatic carbocycles. The van der Waals surface area contributed by atoms with E-state index in [1.165, 1.54) is 9.87 Å². The zero-order valence-electron chi connectivity index (χ0n) is 16.3. The Morgan fingerprint density at radius 3 is 2.50 bits per heavy atom. The van der Waals surface area contributed by atoms with Gasteiger partial charge in [-0.25, -0.2) is 8.42 Å². The molecule has 1 N–H and O–H groups in total. The van der Waals surface area contributed by atoms with E-state index in [1.54, 1.807) is 12.1 Å².